The number of carbonyl (C=O) groups is 1. The molecule has 1 heterocycles. The Balaban J connectivity index is 1.98. The van der Waals surface area contributed by atoms with Crippen LogP contribution in [0.1, 0.15) is 16.1 Å². The zero-order valence-corrected chi connectivity index (χ0v) is 10.5. The van der Waals surface area contributed by atoms with Crippen LogP contribution in [0.5, 0.6) is 0 Å². The molecule has 0 saturated heterocycles. The van der Waals surface area contributed by atoms with Gasteiger partial charge in [0.1, 0.15) is 0 Å². The lowest BCUT2D eigenvalue weighted by Gasteiger charge is -2.05. The summed E-state index contributed by atoms with van der Waals surface area (Å²) in [4.78, 5) is 15.9. The van der Waals surface area contributed by atoms with E-state index in [2.05, 4.69) is 10.3 Å². The Morgan fingerprint density at radius 2 is 2.05 bits per heavy atom. The van der Waals surface area contributed by atoms with Gasteiger partial charge in [0, 0.05) is 0 Å². The molecular formula is C14H14N2O3. The number of ether oxygens (including phenoxy) is 1. The maximum Gasteiger partial charge on any atom is 0.294 e. The predicted molar refractivity (Wildman–Crippen MR) is 70.8 cm³/mol. The van der Waals surface area contributed by atoms with Crippen molar-refractivity contribution >= 4 is 11.9 Å². The third-order valence-electron chi connectivity index (χ3n) is 2.41. The zero-order chi connectivity index (χ0) is 13.5. The topological polar surface area (TPSA) is 63.8 Å². The van der Waals surface area contributed by atoms with E-state index in [4.69, 9.17) is 9.15 Å². The van der Waals surface area contributed by atoms with Crippen LogP contribution in [0.2, 0.25) is 0 Å². The summed E-state index contributed by atoms with van der Waals surface area (Å²) in [7, 11) is 1.45. The quantitative estimate of drug-likeness (QED) is 0.678. The minimum atomic E-state index is -0.390. The largest absolute Gasteiger partial charge is 0.468 e. The van der Waals surface area contributed by atoms with Crippen molar-refractivity contribution in [3.05, 3.63) is 60.1 Å². The Morgan fingerprint density at radius 3 is 2.68 bits per heavy atom. The molecule has 0 aliphatic rings. The Morgan fingerprint density at radius 1 is 1.26 bits per heavy atom. The van der Waals surface area contributed by atoms with Crippen LogP contribution in [-0.4, -0.2) is 19.0 Å². The summed E-state index contributed by atoms with van der Waals surface area (Å²) in [6.45, 7) is 0.433. The fraction of sp³-hybridized carbons (Fsp3) is 0.143. The molecular weight excluding hydrogens is 244 g/mol. The highest BCUT2D eigenvalue weighted by Crippen LogP contribution is 2.02. The number of aliphatic imine (C=N–C) groups is 1. The van der Waals surface area contributed by atoms with Gasteiger partial charge in [-0.1, -0.05) is 30.3 Å². The summed E-state index contributed by atoms with van der Waals surface area (Å²) in [6, 6.07) is 13.1. The van der Waals surface area contributed by atoms with Crippen molar-refractivity contribution in [2.75, 3.05) is 7.11 Å². The highest BCUT2D eigenvalue weighted by atomic mass is 16.5. The first-order valence-corrected chi connectivity index (χ1v) is 5.77. The maximum atomic E-state index is 11.7. The van der Waals surface area contributed by atoms with Crippen molar-refractivity contribution in [3.8, 4) is 0 Å². The highest BCUT2D eigenvalue weighted by molar-refractivity contribution is 6.02. The standard InChI is InChI=1S/C14H14N2O3/c1-18-14(15-10-11-6-3-2-4-7-11)16-13(17)12-8-5-9-19-12/h2-9H,10H2,1H3,(H,15,16,17). The van der Waals surface area contributed by atoms with Crippen molar-refractivity contribution in [3.63, 3.8) is 0 Å². The molecule has 5 heteroatoms. The summed E-state index contributed by atoms with van der Waals surface area (Å²) in [6.07, 6.45) is 1.43. The van der Waals surface area contributed by atoms with Crippen molar-refractivity contribution in [1.82, 2.24) is 5.32 Å². The normalized spacial score (nSPS) is 11.1. The second kappa shape index (κ2) is 6.39. The summed E-state index contributed by atoms with van der Waals surface area (Å²) >= 11 is 0. The van der Waals surface area contributed by atoms with E-state index in [1.807, 2.05) is 30.3 Å². The molecule has 1 aromatic carbocycles. The van der Waals surface area contributed by atoms with Gasteiger partial charge in [0.05, 0.1) is 19.9 Å². The lowest BCUT2D eigenvalue weighted by atomic mass is 10.2. The molecule has 0 aliphatic carbocycles. The van der Waals surface area contributed by atoms with Gasteiger partial charge >= 0.3 is 0 Å². The molecule has 0 aliphatic heterocycles. The van der Waals surface area contributed by atoms with Crippen LogP contribution in [-0.2, 0) is 11.3 Å². The van der Waals surface area contributed by atoms with Crippen molar-refractivity contribution in [2.45, 2.75) is 6.54 Å². The van der Waals surface area contributed by atoms with Gasteiger partial charge in [-0.15, -0.1) is 0 Å². The van der Waals surface area contributed by atoms with Gasteiger partial charge in [0.25, 0.3) is 11.9 Å². The molecule has 0 fully saturated rings. The fourth-order valence-electron chi connectivity index (χ4n) is 1.47. The van der Waals surface area contributed by atoms with Gasteiger partial charge in [-0.3, -0.25) is 10.1 Å². The minimum Gasteiger partial charge on any atom is -0.468 e. The van der Waals surface area contributed by atoms with Crippen LogP contribution in [0, 0.1) is 0 Å². The second-order valence-electron chi connectivity index (χ2n) is 3.74. The first-order valence-electron chi connectivity index (χ1n) is 5.77. The van der Waals surface area contributed by atoms with Crippen molar-refractivity contribution in [1.29, 1.82) is 0 Å². The molecule has 1 aromatic heterocycles. The Kier molecular flexibility index (Phi) is 4.34. The maximum absolute atomic E-state index is 11.7. The zero-order valence-electron chi connectivity index (χ0n) is 10.5. The molecule has 1 N–H and O–H groups in total. The SMILES string of the molecule is COC(=NCc1ccccc1)NC(=O)c1ccco1. The van der Waals surface area contributed by atoms with Gasteiger partial charge in [-0.2, -0.15) is 0 Å². The van der Waals surface area contributed by atoms with Crippen LogP contribution >= 0.6 is 0 Å². The molecule has 98 valence electrons. The number of benzene rings is 1. The number of nitrogens with zero attached hydrogens (tertiary/aromatic N) is 1. The monoisotopic (exact) mass is 258 g/mol. The molecule has 0 radical (unpaired) electrons. The van der Waals surface area contributed by atoms with Crippen LogP contribution in [0.25, 0.3) is 0 Å². The lowest BCUT2D eigenvalue weighted by Crippen LogP contribution is -2.31. The molecule has 0 atom stereocenters. The number of furan rings is 1. The highest BCUT2D eigenvalue weighted by Gasteiger charge is 2.11. The average molecular weight is 258 g/mol. The van der Waals surface area contributed by atoms with Crippen molar-refractivity contribution in [2.24, 2.45) is 4.99 Å². The minimum absolute atomic E-state index is 0.158. The number of hydrogen-bond donors (Lipinski definition) is 1. The molecule has 5 nitrogen and oxygen atoms in total. The van der Waals surface area contributed by atoms with Gasteiger partial charge in [0.2, 0.25) is 0 Å². The van der Waals surface area contributed by atoms with E-state index >= 15 is 0 Å². The predicted octanol–water partition coefficient (Wildman–Crippen LogP) is 2.21. The molecule has 0 spiro atoms. The number of amides is 1. The summed E-state index contributed by atoms with van der Waals surface area (Å²) < 4.78 is 10.00. The van der Waals surface area contributed by atoms with Crippen LogP contribution in [0.15, 0.2) is 58.1 Å². The Hall–Kier alpha value is -2.56. The smallest absolute Gasteiger partial charge is 0.294 e. The number of amidine groups is 1. The van der Waals surface area contributed by atoms with Gasteiger partial charge < -0.3 is 9.15 Å². The average Bonchev–Trinajstić information content (AvgIpc) is 2.98. The molecule has 2 aromatic rings. The van der Waals surface area contributed by atoms with Gasteiger partial charge in [0.15, 0.2) is 5.76 Å². The Labute approximate surface area is 110 Å². The van der Waals surface area contributed by atoms with E-state index in [9.17, 15) is 4.79 Å². The summed E-state index contributed by atoms with van der Waals surface area (Å²) in [5, 5.41) is 2.53. The van der Waals surface area contributed by atoms with Gasteiger partial charge in [-0.25, -0.2) is 4.99 Å². The number of hydrogen-bond acceptors (Lipinski definition) is 4. The number of nitrogens with one attached hydrogen (secondary N) is 1. The van der Waals surface area contributed by atoms with Crippen molar-refractivity contribution < 1.29 is 13.9 Å². The molecule has 19 heavy (non-hydrogen) atoms. The van der Waals surface area contributed by atoms with Crippen LogP contribution in [0.4, 0.5) is 0 Å². The third kappa shape index (κ3) is 3.70. The lowest BCUT2D eigenvalue weighted by molar-refractivity contribution is 0.0941. The molecule has 0 unspecified atom stereocenters. The van der Waals surface area contributed by atoms with E-state index in [0.29, 0.717) is 6.54 Å². The van der Waals surface area contributed by atoms with Crippen LogP contribution in [0.3, 0.4) is 0 Å². The first kappa shape index (κ1) is 12.9. The fourth-order valence-corrected chi connectivity index (χ4v) is 1.47. The number of methoxy groups -OCH3 is 1. The second-order valence-corrected chi connectivity index (χ2v) is 3.74. The third-order valence-corrected chi connectivity index (χ3v) is 2.41. The van der Waals surface area contributed by atoms with E-state index in [1.165, 1.54) is 13.4 Å². The molecule has 0 bridgehead atoms. The molecule has 0 saturated carbocycles. The van der Waals surface area contributed by atoms with E-state index < -0.39 is 5.91 Å². The summed E-state index contributed by atoms with van der Waals surface area (Å²) in [5.74, 6) is -0.178. The van der Waals surface area contributed by atoms with Crippen LogP contribution < -0.4 is 5.32 Å². The van der Waals surface area contributed by atoms with Gasteiger partial charge in [-0.05, 0) is 17.7 Å². The van der Waals surface area contributed by atoms with E-state index in [0.717, 1.165) is 5.56 Å². The number of rotatable bonds is 3. The van der Waals surface area contributed by atoms with E-state index in [-0.39, 0.29) is 11.8 Å². The van der Waals surface area contributed by atoms with E-state index in [1.54, 1.807) is 12.1 Å². The summed E-state index contributed by atoms with van der Waals surface area (Å²) in [5.41, 5.74) is 1.03. The molecule has 2 rings (SSSR count). The first-order chi connectivity index (χ1) is 9.29. The number of carbonyl (C=O) groups excluding carboxylic acids is 1. The Bertz CT molecular complexity index is 547. The molecule has 1 amide bonds.